The highest BCUT2D eigenvalue weighted by atomic mass is 35.5. The quantitative estimate of drug-likeness (QED) is 0.499. The van der Waals surface area contributed by atoms with Gasteiger partial charge in [0.2, 0.25) is 10.0 Å². The van der Waals surface area contributed by atoms with E-state index in [0.29, 0.717) is 35.0 Å². The van der Waals surface area contributed by atoms with Crippen LogP contribution < -0.4 is 9.54 Å². The summed E-state index contributed by atoms with van der Waals surface area (Å²) in [7, 11) is -2.14. The molecule has 2 heterocycles. The summed E-state index contributed by atoms with van der Waals surface area (Å²) in [6, 6.07) is 11.6. The number of sulfonamides is 1. The van der Waals surface area contributed by atoms with Gasteiger partial charge in [-0.3, -0.25) is 4.79 Å². The van der Waals surface area contributed by atoms with Crippen molar-refractivity contribution in [3.63, 3.8) is 0 Å². The second-order valence-electron chi connectivity index (χ2n) is 7.61. The van der Waals surface area contributed by atoms with Crippen LogP contribution in [-0.4, -0.2) is 43.4 Å². The minimum Gasteiger partial charge on any atom is -0.497 e. The fourth-order valence-corrected chi connectivity index (χ4v) is 6.53. The van der Waals surface area contributed by atoms with Crippen molar-refractivity contribution in [3.05, 3.63) is 52.3 Å². The number of terminal acetylenes is 1. The number of ether oxygens (including phenoxy) is 1. The maximum atomic E-state index is 13.1. The Morgan fingerprint density at radius 3 is 2.76 bits per heavy atom. The third-order valence-electron chi connectivity index (χ3n) is 5.53. The summed E-state index contributed by atoms with van der Waals surface area (Å²) in [6.07, 6.45) is 6.69. The van der Waals surface area contributed by atoms with Gasteiger partial charge in [0, 0.05) is 18.1 Å². The van der Waals surface area contributed by atoms with Crippen molar-refractivity contribution in [2.75, 3.05) is 20.2 Å². The number of methoxy groups -OCH3 is 1. The second-order valence-corrected chi connectivity index (χ2v) is 11.0. The Morgan fingerprint density at radius 1 is 1.30 bits per heavy atom. The lowest BCUT2D eigenvalue weighted by atomic mass is 9.99. The van der Waals surface area contributed by atoms with E-state index >= 15 is 0 Å². The summed E-state index contributed by atoms with van der Waals surface area (Å²) in [5.74, 6) is 2.42. The van der Waals surface area contributed by atoms with Crippen LogP contribution in [0.2, 0.25) is 5.02 Å². The predicted molar refractivity (Wildman–Crippen MR) is 129 cm³/mol. The molecule has 4 rings (SSSR count). The smallest absolute Gasteiger partial charge is 0.252 e. The molecule has 1 amide bonds. The number of nitrogens with zero attached hydrogens (tertiary/aromatic N) is 3. The van der Waals surface area contributed by atoms with Crippen molar-refractivity contribution in [1.82, 2.24) is 8.87 Å². The van der Waals surface area contributed by atoms with Crippen LogP contribution >= 0.6 is 22.9 Å². The zero-order valence-electron chi connectivity index (χ0n) is 17.9. The Morgan fingerprint density at radius 2 is 2.06 bits per heavy atom. The number of hydrogen-bond donors (Lipinski definition) is 0. The van der Waals surface area contributed by atoms with Gasteiger partial charge in [0.15, 0.2) is 4.80 Å². The van der Waals surface area contributed by atoms with Gasteiger partial charge in [-0.1, -0.05) is 28.9 Å². The molecule has 1 unspecified atom stereocenters. The summed E-state index contributed by atoms with van der Waals surface area (Å²) in [4.78, 5) is 18.1. The minimum atomic E-state index is -3.73. The number of aromatic nitrogens is 1. The van der Waals surface area contributed by atoms with Crippen LogP contribution in [-0.2, 0) is 21.4 Å². The van der Waals surface area contributed by atoms with Gasteiger partial charge >= 0.3 is 0 Å². The van der Waals surface area contributed by atoms with Crippen molar-refractivity contribution in [2.24, 2.45) is 10.9 Å². The molecule has 1 atom stereocenters. The van der Waals surface area contributed by atoms with Crippen LogP contribution in [0, 0.1) is 18.3 Å². The monoisotopic (exact) mass is 503 g/mol. The molecule has 1 aromatic heterocycles. The molecule has 0 radical (unpaired) electrons. The normalized spacial score (nSPS) is 17.7. The molecule has 10 heteroatoms. The Hall–Kier alpha value is -2.64. The Bertz CT molecular complexity index is 1400. The van der Waals surface area contributed by atoms with Gasteiger partial charge < -0.3 is 9.30 Å². The number of benzene rings is 2. The third kappa shape index (κ3) is 4.84. The summed E-state index contributed by atoms with van der Waals surface area (Å²) in [6.45, 7) is 0.704. The van der Waals surface area contributed by atoms with Gasteiger partial charge in [-0.25, -0.2) is 8.42 Å². The van der Waals surface area contributed by atoms with Gasteiger partial charge in [-0.2, -0.15) is 9.30 Å². The summed E-state index contributed by atoms with van der Waals surface area (Å²) in [5.41, 5.74) is 0.862. The van der Waals surface area contributed by atoms with Crippen LogP contribution in [0.5, 0.6) is 5.75 Å². The lowest BCUT2D eigenvalue weighted by molar-refractivity contribution is -0.122. The van der Waals surface area contributed by atoms with Gasteiger partial charge in [-0.15, -0.1) is 6.42 Å². The maximum absolute atomic E-state index is 13.1. The van der Waals surface area contributed by atoms with Crippen molar-refractivity contribution < 1.29 is 17.9 Å². The lowest BCUT2D eigenvalue weighted by Crippen LogP contribution is -2.42. The molecule has 0 N–H and O–H groups in total. The van der Waals surface area contributed by atoms with Crippen LogP contribution in [0.25, 0.3) is 10.2 Å². The van der Waals surface area contributed by atoms with Gasteiger partial charge in [-0.05, 0) is 55.3 Å². The maximum Gasteiger partial charge on any atom is 0.252 e. The molecule has 0 spiro atoms. The first-order valence-electron chi connectivity index (χ1n) is 10.3. The number of fused-ring (bicyclic) bond motifs is 1. The average molecular weight is 504 g/mol. The Labute approximate surface area is 201 Å². The number of rotatable bonds is 5. The summed E-state index contributed by atoms with van der Waals surface area (Å²) in [5, 5.41) is 0.459. The molecule has 1 aliphatic rings. The molecular weight excluding hydrogens is 482 g/mol. The van der Waals surface area contributed by atoms with Crippen LogP contribution in [0.3, 0.4) is 0 Å². The molecule has 1 aliphatic heterocycles. The minimum absolute atomic E-state index is 0.0845. The first-order valence-corrected chi connectivity index (χ1v) is 12.9. The number of hydrogen-bond acceptors (Lipinski definition) is 5. The number of thiazole rings is 1. The van der Waals surface area contributed by atoms with E-state index in [1.807, 2.05) is 22.8 Å². The molecule has 1 saturated heterocycles. The highest BCUT2D eigenvalue weighted by Crippen LogP contribution is 2.26. The van der Waals surface area contributed by atoms with Crippen molar-refractivity contribution in [3.8, 4) is 18.1 Å². The van der Waals surface area contributed by atoms with E-state index in [-0.39, 0.29) is 23.9 Å². The number of carbonyl (C=O) groups is 1. The number of carbonyl (C=O) groups excluding carboxylic acids is 1. The van der Waals surface area contributed by atoms with E-state index < -0.39 is 15.9 Å². The lowest BCUT2D eigenvalue weighted by Gasteiger charge is -2.30. The average Bonchev–Trinajstić information content (AvgIpc) is 3.15. The summed E-state index contributed by atoms with van der Waals surface area (Å²) < 4.78 is 35.4. The molecule has 7 nitrogen and oxygen atoms in total. The Balaban J connectivity index is 1.63. The molecule has 0 saturated carbocycles. The van der Waals surface area contributed by atoms with E-state index in [0.717, 1.165) is 10.2 Å². The van der Waals surface area contributed by atoms with E-state index in [9.17, 15) is 13.2 Å². The Kier molecular flexibility index (Phi) is 6.91. The molecular formula is C23H22ClN3O4S2. The van der Waals surface area contributed by atoms with Gasteiger partial charge in [0.25, 0.3) is 5.91 Å². The highest BCUT2D eigenvalue weighted by Gasteiger charge is 2.33. The number of amides is 1. The van der Waals surface area contributed by atoms with E-state index in [1.165, 1.54) is 39.9 Å². The first kappa shape index (κ1) is 23.5. The van der Waals surface area contributed by atoms with Crippen LogP contribution in [0.1, 0.15) is 12.8 Å². The zero-order valence-corrected chi connectivity index (χ0v) is 20.3. The third-order valence-corrected chi connectivity index (χ3v) is 8.70. The standard InChI is InChI=1S/C23H22ClN3O4S2/c1-3-12-27-20-11-8-18(31-2)14-21(20)32-23(27)25-22(28)16-5-4-13-26(15-16)33(29,30)19-9-6-17(24)7-10-19/h1,6-11,14,16H,4-5,12-13,15H2,2H3. The van der Waals surface area contributed by atoms with E-state index in [1.54, 1.807) is 7.11 Å². The topological polar surface area (TPSA) is 81.0 Å². The molecule has 1 fully saturated rings. The molecule has 33 heavy (non-hydrogen) atoms. The fourth-order valence-electron chi connectivity index (χ4n) is 3.81. The molecule has 0 bridgehead atoms. The molecule has 3 aromatic rings. The largest absolute Gasteiger partial charge is 0.497 e. The predicted octanol–water partition coefficient (Wildman–Crippen LogP) is 3.53. The fraction of sp³-hybridized carbons (Fsp3) is 0.304. The van der Waals surface area contributed by atoms with Gasteiger partial charge in [0.1, 0.15) is 5.75 Å². The molecule has 0 aliphatic carbocycles. The van der Waals surface area contributed by atoms with Crippen molar-refractivity contribution in [1.29, 1.82) is 0 Å². The van der Waals surface area contributed by atoms with Crippen molar-refractivity contribution in [2.45, 2.75) is 24.3 Å². The summed E-state index contributed by atoms with van der Waals surface area (Å²) >= 11 is 7.23. The van der Waals surface area contributed by atoms with E-state index in [2.05, 4.69) is 10.9 Å². The second kappa shape index (κ2) is 9.69. The highest BCUT2D eigenvalue weighted by molar-refractivity contribution is 7.89. The van der Waals surface area contributed by atoms with Gasteiger partial charge in [0.05, 0.1) is 34.7 Å². The van der Waals surface area contributed by atoms with Crippen LogP contribution in [0.15, 0.2) is 52.4 Å². The first-order chi connectivity index (χ1) is 15.8. The van der Waals surface area contributed by atoms with E-state index in [4.69, 9.17) is 22.8 Å². The molecule has 172 valence electrons. The number of halogens is 1. The number of piperidine rings is 1. The SMILES string of the molecule is C#CCn1c(=NC(=O)C2CCCN(S(=O)(=O)c3ccc(Cl)cc3)C2)sc2cc(OC)ccc21. The van der Waals surface area contributed by atoms with Crippen molar-refractivity contribution >= 4 is 49.1 Å². The van der Waals surface area contributed by atoms with Crippen LogP contribution in [0.4, 0.5) is 0 Å². The zero-order chi connectivity index (χ0) is 23.6. The molecule has 2 aromatic carbocycles.